The number of aryl methyl sites for hydroxylation is 1. The van der Waals surface area contributed by atoms with E-state index >= 15 is 0 Å². The van der Waals surface area contributed by atoms with Gasteiger partial charge in [0.25, 0.3) is 0 Å². The van der Waals surface area contributed by atoms with Gasteiger partial charge < -0.3 is 15.5 Å². The number of rotatable bonds is 7. The molecule has 2 N–H and O–H groups in total. The fourth-order valence-electron chi connectivity index (χ4n) is 2.10. The third-order valence-electron chi connectivity index (χ3n) is 3.40. The highest BCUT2D eigenvalue weighted by Crippen LogP contribution is 2.07. The van der Waals surface area contributed by atoms with Crippen LogP contribution in [0.15, 0.2) is 29.3 Å². The molecule has 0 bridgehead atoms. The maximum absolute atomic E-state index is 11.6. The summed E-state index contributed by atoms with van der Waals surface area (Å²) in [6, 6.07) is 8.57. The summed E-state index contributed by atoms with van der Waals surface area (Å²) in [5.41, 5.74) is 2.56. The minimum Gasteiger partial charge on any atom is -0.355 e. The Balaban J connectivity index is 0.00000484. The van der Waals surface area contributed by atoms with E-state index in [4.69, 9.17) is 0 Å². The first-order valence-corrected chi connectivity index (χ1v) is 7.87. The van der Waals surface area contributed by atoms with Crippen molar-refractivity contribution in [1.82, 2.24) is 15.5 Å². The summed E-state index contributed by atoms with van der Waals surface area (Å²) in [6.07, 6.45) is 1.99. The molecule has 0 fully saturated rings. The van der Waals surface area contributed by atoms with E-state index in [-0.39, 0.29) is 36.4 Å². The molecular formula is C17H29IN4O. The molecule has 0 spiro atoms. The van der Waals surface area contributed by atoms with E-state index in [1.54, 1.807) is 7.05 Å². The molecule has 1 amide bonds. The predicted octanol–water partition coefficient (Wildman–Crippen LogP) is 2.40. The Morgan fingerprint density at radius 1 is 1.13 bits per heavy atom. The van der Waals surface area contributed by atoms with Crippen LogP contribution in [0.2, 0.25) is 0 Å². The average Bonchev–Trinajstić information content (AvgIpc) is 2.54. The van der Waals surface area contributed by atoms with Crippen LogP contribution in [0.25, 0.3) is 0 Å². The van der Waals surface area contributed by atoms with Gasteiger partial charge in [-0.1, -0.05) is 38.1 Å². The second kappa shape index (κ2) is 12.2. The van der Waals surface area contributed by atoms with Crippen molar-refractivity contribution in [1.29, 1.82) is 0 Å². The number of carbonyl (C=O) groups excluding carboxylic acids is 1. The summed E-state index contributed by atoms with van der Waals surface area (Å²) in [5, 5.41) is 5.92. The molecule has 0 aliphatic heterocycles. The molecule has 0 unspecified atom stereocenters. The lowest BCUT2D eigenvalue weighted by Gasteiger charge is -2.22. The average molecular weight is 432 g/mol. The molecule has 1 rings (SSSR count). The maximum atomic E-state index is 11.6. The van der Waals surface area contributed by atoms with Crippen molar-refractivity contribution in [3.63, 3.8) is 0 Å². The number of nitrogens with zero attached hydrogens (tertiary/aromatic N) is 2. The van der Waals surface area contributed by atoms with Gasteiger partial charge in [-0.2, -0.15) is 0 Å². The normalized spacial score (nSPS) is 10.7. The zero-order valence-corrected chi connectivity index (χ0v) is 16.9. The van der Waals surface area contributed by atoms with E-state index in [1.807, 2.05) is 18.9 Å². The van der Waals surface area contributed by atoms with Crippen LogP contribution in [0.5, 0.6) is 0 Å². The predicted molar refractivity (Wildman–Crippen MR) is 107 cm³/mol. The lowest BCUT2D eigenvalue weighted by atomic mass is 10.1. The van der Waals surface area contributed by atoms with Gasteiger partial charge in [-0.25, -0.2) is 0 Å². The highest BCUT2D eigenvalue weighted by atomic mass is 127. The van der Waals surface area contributed by atoms with Gasteiger partial charge in [-0.05, 0) is 24.0 Å². The number of halogens is 1. The van der Waals surface area contributed by atoms with Crippen molar-refractivity contribution in [3.8, 4) is 0 Å². The van der Waals surface area contributed by atoms with Crippen LogP contribution in [0.4, 0.5) is 0 Å². The van der Waals surface area contributed by atoms with Crippen molar-refractivity contribution in [2.24, 2.45) is 4.99 Å². The summed E-state index contributed by atoms with van der Waals surface area (Å²) in [5.74, 6) is 0.704. The van der Waals surface area contributed by atoms with Crippen molar-refractivity contribution >= 4 is 35.8 Å². The van der Waals surface area contributed by atoms with Crippen molar-refractivity contribution < 1.29 is 4.79 Å². The van der Waals surface area contributed by atoms with Gasteiger partial charge in [0.2, 0.25) is 5.91 Å². The Bertz CT molecular complexity index is 488. The first-order chi connectivity index (χ1) is 10.6. The summed E-state index contributed by atoms with van der Waals surface area (Å²) in [4.78, 5) is 17.9. The molecule has 0 aliphatic carbocycles. The smallest absolute Gasteiger partial charge is 0.239 e. The SMILES string of the molecule is CCCNC(=O)CNC(=NC)N(C)Cc1ccc(CC)cc1.I. The molecule has 23 heavy (non-hydrogen) atoms. The zero-order chi connectivity index (χ0) is 16.4. The van der Waals surface area contributed by atoms with Gasteiger partial charge in [-0.3, -0.25) is 9.79 Å². The molecule has 1 aromatic carbocycles. The lowest BCUT2D eigenvalue weighted by Crippen LogP contribution is -2.43. The Hall–Kier alpha value is -1.31. The van der Waals surface area contributed by atoms with Crippen molar-refractivity contribution in [3.05, 3.63) is 35.4 Å². The Morgan fingerprint density at radius 2 is 1.74 bits per heavy atom. The number of nitrogens with one attached hydrogen (secondary N) is 2. The number of benzene rings is 1. The first-order valence-electron chi connectivity index (χ1n) is 7.87. The highest BCUT2D eigenvalue weighted by molar-refractivity contribution is 14.0. The molecule has 0 atom stereocenters. The van der Waals surface area contributed by atoms with Crippen LogP contribution < -0.4 is 10.6 Å². The van der Waals surface area contributed by atoms with Gasteiger partial charge in [0, 0.05) is 27.2 Å². The van der Waals surface area contributed by atoms with Crippen LogP contribution in [0.1, 0.15) is 31.4 Å². The van der Waals surface area contributed by atoms with Crippen molar-refractivity contribution in [2.45, 2.75) is 33.2 Å². The Morgan fingerprint density at radius 3 is 2.26 bits per heavy atom. The molecular weight excluding hydrogens is 403 g/mol. The lowest BCUT2D eigenvalue weighted by molar-refractivity contribution is -0.120. The number of amides is 1. The number of carbonyl (C=O) groups is 1. The summed E-state index contributed by atoms with van der Waals surface area (Å²) >= 11 is 0. The summed E-state index contributed by atoms with van der Waals surface area (Å²) in [6.45, 7) is 5.88. The number of guanidine groups is 1. The molecule has 5 nitrogen and oxygen atoms in total. The minimum absolute atomic E-state index is 0. The topological polar surface area (TPSA) is 56.7 Å². The van der Waals surface area contributed by atoms with E-state index in [2.05, 4.69) is 46.8 Å². The second-order valence-corrected chi connectivity index (χ2v) is 5.28. The quantitative estimate of drug-likeness (QED) is 0.395. The Labute approximate surface area is 157 Å². The standard InChI is InChI=1S/C17H28N4O.HI/c1-5-11-19-16(22)12-20-17(18-3)21(4)13-15-9-7-14(6-2)8-10-15;/h7-10H,5-6,11-13H2,1-4H3,(H,18,20)(H,19,22);1H. The molecule has 0 heterocycles. The maximum Gasteiger partial charge on any atom is 0.239 e. The van der Waals surface area contributed by atoms with Gasteiger partial charge >= 0.3 is 0 Å². The zero-order valence-electron chi connectivity index (χ0n) is 14.6. The molecule has 0 aliphatic rings. The minimum atomic E-state index is -0.0105. The molecule has 130 valence electrons. The summed E-state index contributed by atoms with van der Waals surface area (Å²) in [7, 11) is 3.69. The van der Waals surface area contributed by atoms with Crippen LogP contribution in [0.3, 0.4) is 0 Å². The van der Waals surface area contributed by atoms with E-state index in [9.17, 15) is 4.79 Å². The van der Waals surface area contributed by atoms with Crippen LogP contribution >= 0.6 is 24.0 Å². The molecule has 0 saturated heterocycles. The number of hydrogen-bond acceptors (Lipinski definition) is 2. The van der Waals surface area contributed by atoms with E-state index in [0.29, 0.717) is 12.5 Å². The third kappa shape index (κ3) is 8.20. The van der Waals surface area contributed by atoms with Crippen LogP contribution in [0, 0.1) is 0 Å². The molecule has 0 saturated carbocycles. The second-order valence-electron chi connectivity index (χ2n) is 5.28. The van der Waals surface area contributed by atoms with E-state index < -0.39 is 0 Å². The van der Waals surface area contributed by atoms with Crippen molar-refractivity contribution in [2.75, 3.05) is 27.2 Å². The van der Waals surface area contributed by atoms with E-state index in [0.717, 1.165) is 19.4 Å². The number of aliphatic imine (C=N–C) groups is 1. The van der Waals surface area contributed by atoms with Gasteiger partial charge in [-0.15, -0.1) is 24.0 Å². The van der Waals surface area contributed by atoms with Gasteiger partial charge in [0.05, 0.1) is 6.54 Å². The fourth-order valence-corrected chi connectivity index (χ4v) is 2.10. The molecule has 1 aromatic rings. The summed E-state index contributed by atoms with van der Waals surface area (Å²) < 4.78 is 0. The first kappa shape index (κ1) is 21.7. The number of hydrogen-bond donors (Lipinski definition) is 2. The van der Waals surface area contributed by atoms with Crippen LogP contribution in [-0.2, 0) is 17.8 Å². The highest BCUT2D eigenvalue weighted by Gasteiger charge is 2.08. The van der Waals surface area contributed by atoms with E-state index in [1.165, 1.54) is 11.1 Å². The Kier molecular flexibility index (Phi) is 11.5. The van der Waals surface area contributed by atoms with Crippen LogP contribution in [-0.4, -0.2) is 44.0 Å². The third-order valence-corrected chi connectivity index (χ3v) is 3.40. The molecule has 0 radical (unpaired) electrons. The fraction of sp³-hybridized carbons (Fsp3) is 0.529. The van der Waals surface area contributed by atoms with Gasteiger partial charge in [0.1, 0.15) is 0 Å². The largest absolute Gasteiger partial charge is 0.355 e. The van der Waals surface area contributed by atoms with Gasteiger partial charge in [0.15, 0.2) is 5.96 Å². The molecule has 6 heteroatoms. The molecule has 0 aromatic heterocycles. The monoisotopic (exact) mass is 432 g/mol.